The molecule has 5 rings (SSSR count). The van der Waals surface area contributed by atoms with Crippen molar-refractivity contribution in [1.29, 1.82) is 0 Å². The third-order valence-corrected chi connectivity index (χ3v) is 6.47. The van der Waals surface area contributed by atoms with Crippen molar-refractivity contribution in [2.24, 2.45) is 5.92 Å². The van der Waals surface area contributed by atoms with Crippen LogP contribution in [0.15, 0.2) is 41.9 Å². The Morgan fingerprint density at radius 3 is 2.97 bits per heavy atom. The molecule has 9 heteroatoms. The lowest BCUT2D eigenvalue weighted by molar-refractivity contribution is 0.489. The summed E-state index contributed by atoms with van der Waals surface area (Å²) in [5.41, 5.74) is 1.60. The first-order valence-corrected chi connectivity index (χ1v) is 11.1. The van der Waals surface area contributed by atoms with Crippen molar-refractivity contribution in [3.05, 3.63) is 57.6 Å². The molecule has 0 amide bonds. The first-order chi connectivity index (χ1) is 14.7. The van der Waals surface area contributed by atoms with Gasteiger partial charge in [0.25, 0.3) is 0 Å². The Morgan fingerprint density at radius 1 is 1.27 bits per heavy atom. The molecule has 0 saturated carbocycles. The number of halogens is 2. The maximum atomic E-state index is 14.7. The molecule has 1 atom stereocenters. The number of anilines is 1. The standard InChI is InChI=1S/C21H20ClFN6S/c22-15-4-1-5-16(23)18(15)20-27-17-11-26-21(25-10-14-3-2-8-30-14)28-19(17)29(20)12-13-6-7-24-9-13/h1-5,8,11,13,24H,6-7,9-10,12H2,(H,25,26,28)/t13-/m0/s1. The number of benzene rings is 1. The van der Waals surface area contributed by atoms with Crippen molar-refractivity contribution in [1.82, 2.24) is 24.8 Å². The lowest BCUT2D eigenvalue weighted by Crippen LogP contribution is -2.16. The molecule has 0 bridgehead atoms. The molecular weight excluding hydrogens is 423 g/mol. The normalized spacial score (nSPS) is 16.4. The summed E-state index contributed by atoms with van der Waals surface area (Å²) in [4.78, 5) is 15.0. The summed E-state index contributed by atoms with van der Waals surface area (Å²) in [6.45, 7) is 3.23. The van der Waals surface area contributed by atoms with E-state index in [0.29, 0.717) is 52.5 Å². The first-order valence-electron chi connectivity index (χ1n) is 9.83. The highest BCUT2D eigenvalue weighted by molar-refractivity contribution is 7.09. The van der Waals surface area contributed by atoms with E-state index in [1.165, 1.54) is 10.9 Å². The molecule has 0 unspecified atom stereocenters. The van der Waals surface area contributed by atoms with Gasteiger partial charge in [0, 0.05) is 11.4 Å². The molecule has 0 aliphatic carbocycles. The smallest absolute Gasteiger partial charge is 0.225 e. The third-order valence-electron chi connectivity index (χ3n) is 5.28. The fourth-order valence-electron chi connectivity index (χ4n) is 3.79. The van der Waals surface area contributed by atoms with Crippen molar-refractivity contribution in [2.75, 3.05) is 18.4 Å². The molecule has 3 aromatic heterocycles. The summed E-state index contributed by atoms with van der Waals surface area (Å²) < 4.78 is 16.7. The summed E-state index contributed by atoms with van der Waals surface area (Å²) in [5, 5.41) is 9.02. The number of hydrogen-bond acceptors (Lipinski definition) is 6. The summed E-state index contributed by atoms with van der Waals surface area (Å²) in [6.07, 6.45) is 2.74. The molecule has 154 valence electrons. The number of imidazole rings is 1. The summed E-state index contributed by atoms with van der Waals surface area (Å²) in [6, 6.07) is 8.76. The molecule has 30 heavy (non-hydrogen) atoms. The van der Waals surface area contributed by atoms with Crippen LogP contribution in [0, 0.1) is 11.7 Å². The van der Waals surface area contributed by atoms with E-state index in [1.54, 1.807) is 29.7 Å². The molecule has 0 radical (unpaired) electrons. The van der Waals surface area contributed by atoms with E-state index < -0.39 is 5.82 Å². The van der Waals surface area contributed by atoms with Crippen LogP contribution in [0.1, 0.15) is 11.3 Å². The van der Waals surface area contributed by atoms with Crippen LogP contribution < -0.4 is 10.6 Å². The average Bonchev–Trinajstić information content (AvgIpc) is 3.49. The molecule has 1 fully saturated rings. The minimum Gasteiger partial charge on any atom is -0.349 e. The maximum absolute atomic E-state index is 14.7. The average molecular weight is 443 g/mol. The van der Waals surface area contributed by atoms with Crippen LogP contribution in [0.25, 0.3) is 22.6 Å². The third kappa shape index (κ3) is 3.78. The molecule has 0 spiro atoms. The SMILES string of the molecule is Fc1cccc(Cl)c1-c1nc2cnc(NCc3cccs3)nc2n1C[C@H]1CCNC1. The van der Waals surface area contributed by atoms with Gasteiger partial charge in [0.2, 0.25) is 5.95 Å². The topological polar surface area (TPSA) is 67.7 Å². The molecule has 2 N–H and O–H groups in total. The van der Waals surface area contributed by atoms with Crippen LogP contribution in [0.3, 0.4) is 0 Å². The van der Waals surface area contributed by atoms with Gasteiger partial charge in [0.15, 0.2) is 5.65 Å². The molecule has 4 aromatic rings. The molecule has 4 heterocycles. The van der Waals surface area contributed by atoms with Crippen molar-refractivity contribution in [3.63, 3.8) is 0 Å². The van der Waals surface area contributed by atoms with Crippen LogP contribution >= 0.6 is 22.9 Å². The van der Waals surface area contributed by atoms with Crippen molar-refractivity contribution >= 4 is 40.0 Å². The van der Waals surface area contributed by atoms with E-state index in [1.807, 2.05) is 16.0 Å². The zero-order valence-electron chi connectivity index (χ0n) is 16.1. The second-order valence-corrected chi connectivity index (χ2v) is 8.78. The van der Waals surface area contributed by atoms with Gasteiger partial charge < -0.3 is 15.2 Å². The van der Waals surface area contributed by atoms with Crippen LogP contribution in [0.4, 0.5) is 10.3 Å². The Balaban J connectivity index is 1.58. The zero-order valence-corrected chi connectivity index (χ0v) is 17.7. The zero-order chi connectivity index (χ0) is 20.5. The predicted molar refractivity (Wildman–Crippen MR) is 118 cm³/mol. The van der Waals surface area contributed by atoms with Gasteiger partial charge in [-0.05, 0) is 49.0 Å². The highest BCUT2D eigenvalue weighted by Gasteiger charge is 2.24. The molecule has 6 nitrogen and oxygen atoms in total. The number of thiophene rings is 1. The number of nitrogens with zero attached hydrogens (tertiary/aromatic N) is 4. The lowest BCUT2D eigenvalue weighted by Gasteiger charge is -2.14. The highest BCUT2D eigenvalue weighted by atomic mass is 35.5. The summed E-state index contributed by atoms with van der Waals surface area (Å²) in [7, 11) is 0. The Kier molecular flexibility index (Phi) is 5.37. The van der Waals surface area contributed by atoms with Crippen LogP contribution in [0.5, 0.6) is 0 Å². The van der Waals surface area contributed by atoms with Crippen LogP contribution in [-0.2, 0) is 13.1 Å². The predicted octanol–water partition coefficient (Wildman–Crippen LogP) is 4.57. The van der Waals surface area contributed by atoms with Crippen LogP contribution in [-0.4, -0.2) is 32.6 Å². The van der Waals surface area contributed by atoms with Gasteiger partial charge in [-0.1, -0.05) is 23.7 Å². The quantitative estimate of drug-likeness (QED) is 0.458. The lowest BCUT2D eigenvalue weighted by atomic mass is 10.1. The largest absolute Gasteiger partial charge is 0.349 e. The minimum absolute atomic E-state index is 0.302. The second kappa shape index (κ2) is 8.29. The highest BCUT2D eigenvalue weighted by Crippen LogP contribution is 2.33. The second-order valence-electron chi connectivity index (χ2n) is 7.34. The van der Waals surface area contributed by atoms with Crippen molar-refractivity contribution in [2.45, 2.75) is 19.5 Å². The Bertz CT molecular complexity index is 1150. The van der Waals surface area contributed by atoms with E-state index in [4.69, 9.17) is 16.6 Å². The fraction of sp³-hybridized carbons (Fsp3) is 0.286. The summed E-state index contributed by atoms with van der Waals surface area (Å²) >= 11 is 8.04. The molecule has 1 aliphatic rings. The Labute approximate surface area is 182 Å². The minimum atomic E-state index is -0.396. The van der Waals surface area contributed by atoms with Crippen LogP contribution in [0.2, 0.25) is 5.02 Å². The van der Waals surface area contributed by atoms with E-state index in [0.717, 1.165) is 19.5 Å². The number of nitrogens with one attached hydrogen (secondary N) is 2. The molecule has 1 aromatic carbocycles. The Morgan fingerprint density at radius 2 is 2.20 bits per heavy atom. The number of fused-ring (bicyclic) bond motifs is 1. The van der Waals surface area contributed by atoms with Gasteiger partial charge in [-0.25, -0.2) is 14.4 Å². The monoisotopic (exact) mass is 442 g/mol. The summed E-state index contributed by atoms with van der Waals surface area (Å²) in [5.74, 6) is 1.04. The molecular formula is C21H20ClFN6S. The van der Waals surface area contributed by atoms with E-state index in [9.17, 15) is 4.39 Å². The first kappa shape index (κ1) is 19.4. The van der Waals surface area contributed by atoms with Gasteiger partial charge in [0.1, 0.15) is 17.2 Å². The van der Waals surface area contributed by atoms with Crippen molar-refractivity contribution < 1.29 is 4.39 Å². The van der Waals surface area contributed by atoms with E-state index in [-0.39, 0.29) is 0 Å². The van der Waals surface area contributed by atoms with E-state index >= 15 is 0 Å². The van der Waals surface area contributed by atoms with Gasteiger partial charge >= 0.3 is 0 Å². The Hall–Kier alpha value is -2.55. The van der Waals surface area contributed by atoms with E-state index in [2.05, 4.69) is 26.7 Å². The van der Waals surface area contributed by atoms with Gasteiger partial charge in [-0.2, -0.15) is 4.98 Å². The van der Waals surface area contributed by atoms with Gasteiger partial charge in [0.05, 0.1) is 23.3 Å². The maximum Gasteiger partial charge on any atom is 0.225 e. The van der Waals surface area contributed by atoms with Gasteiger partial charge in [-0.15, -0.1) is 11.3 Å². The fourth-order valence-corrected chi connectivity index (χ4v) is 4.68. The van der Waals surface area contributed by atoms with Gasteiger partial charge in [-0.3, -0.25) is 0 Å². The van der Waals surface area contributed by atoms with Crippen molar-refractivity contribution in [3.8, 4) is 11.4 Å². The number of hydrogen-bond donors (Lipinski definition) is 2. The number of aromatic nitrogens is 4. The number of rotatable bonds is 6. The molecule has 1 aliphatic heterocycles. The molecule has 1 saturated heterocycles.